The van der Waals surface area contributed by atoms with Crippen molar-refractivity contribution in [3.8, 4) is 0 Å². The first-order valence-corrected chi connectivity index (χ1v) is 8.28. The molecule has 0 spiro atoms. The van der Waals surface area contributed by atoms with Gasteiger partial charge in [-0.15, -0.1) is 10.2 Å². The van der Waals surface area contributed by atoms with Crippen molar-refractivity contribution in [3.05, 3.63) is 0 Å². The Morgan fingerprint density at radius 3 is 2.60 bits per heavy atom. The number of hydrogen-bond acceptors (Lipinski definition) is 7. The van der Waals surface area contributed by atoms with Crippen molar-refractivity contribution >= 4 is 32.4 Å². The summed E-state index contributed by atoms with van der Waals surface area (Å²) in [6.45, 7) is 4.89. The number of aliphatic hydroxyl groups is 1. The van der Waals surface area contributed by atoms with Gasteiger partial charge in [-0.2, -0.15) is 4.31 Å². The number of anilines is 1. The number of nitrogens with zero attached hydrogens (tertiary/aromatic N) is 3. The molecule has 1 aromatic rings. The molecule has 0 saturated heterocycles. The maximum Gasteiger partial charge on any atom is 0.272 e. The quantitative estimate of drug-likeness (QED) is 0.697. The Kier molecular flexibility index (Phi) is 5.99. The Hall–Kier alpha value is -1.10. The summed E-state index contributed by atoms with van der Waals surface area (Å²) >= 11 is 0.801. The van der Waals surface area contributed by atoms with Crippen LogP contribution in [0.15, 0.2) is 4.34 Å². The molecule has 20 heavy (non-hydrogen) atoms. The molecular weight excluding hydrogens is 304 g/mol. The number of aliphatic hydroxyl groups excluding tert-OH is 1. The standard InChI is InChI=1S/C10H18N4O4S2/c1-7(2)14(5-4-6-15)20(17,18)10-13-12-9(19-10)11-8(3)16/h7,15H,4-6H2,1-3H3,(H,11,12,16). The van der Waals surface area contributed by atoms with Crippen LogP contribution in [0, 0.1) is 0 Å². The van der Waals surface area contributed by atoms with Gasteiger partial charge in [0.1, 0.15) is 0 Å². The number of nitrogens with one attached hydrogen (secondary N) is 1. The number of carbonyl (C=O) groups excluding carboxylic acids is 1. The molecule has 0 fully saturated rings. The minimum absolute atomic E-state index is 0.0913. The zero-order valence-corrected chi connectivity index (χ0v) is 13.2. The zero-order valence-electron chi connectivity index (χ0n) is 11.5. The summed E-state index contributed by atoms with van der Waals surface area (Å²) in [6, 6.07) is -0.264. The van der Waals surface area contributed by atoms with Gasteiger partial charge in [0.25, 0.3) is 10.0 Å². The first-order chi connectivity index (χ1) is 9.28. The Balaban J connectivity index is 3.00. The molecule has 0 atom stereocenters. The van der Waals surface area contributed by atoms with Crippen LogP contribution in [-0.2, 0) is 14.8 Å². The minimum atomic E-state index is -3.77. The number of aromatic nitrogens is 2. The summed E-state index contributed by atoms with van der Waals surface area (Å²) in [5.74, 6) is -0.342. The highest BCUT2D eigenvalue weighted by atomic mass is 32.2. The van der Waals surface area contributed by atoms with Crippen LogP contribution in [0.5, 0.6) is 0 Å². The van der Waals surface area contributed by atoms with E-state index in [1.165, 1.54) is 11.2 Å². The topological polar surface area (TPSA) is 112 Å². The van der Waals surface area contributed by atoms with E-state index in [1.807, 2.05) is 0 Å². The molecule has 0 radical (unpaired) electrons. The fourth-order valence-electron chi connectivity index (χ4n) is 1.50. The molecule has 8 nitrogen and oxygen atoms in total. The van der Waals surface area contributed by atoms with Gasteiger partial charge in [0.2, 0.25) is 15.4 Å². The predicted molar refractivity (Wildman–Crippen MR) is 74.9 cm³/mol. The molecular formula is C10H18N4O4S2. The third-order valence-corrected chi connectivity index (χ3v) is 5.59. The summed E-state index contributed by atoms with van der Waals surface area (Å²) in [7, 11) is -3.77. The van der Waals surface area contributed by atoms with Gasteiger partial charge in [0.15, 0.2) is 0 Å². The Morgan fingerprint density at radius 1 is 1.45 bits per heavy atom. The molecule has 114 valence electrons. The number of rotatable bonds is 7. The molecule has 0 aromatic carbocycles. The second kappa shape index (κ2) is 7.07. The maximum atomic E-state index is 12.4. The predicted octanol–water partition coefficient (Wildman–Crippen LogP) is 0.278. The molecule has 2 N–H and O–H groups in total. The highest BCUT2D eigenvalue weighted by molar-refractivity contribution is 7.91. The van der Waals surface area contributed by atoms with Gasteiger partial charge in [0.05, 0.1) is 0 Å². The van der Waals surface area contributed by atoms with Gasteiger partial charge in [-0.05, 0) is 20.3 Å². The van der Waals surface area contributed by atoms with Crippen LogP contribution in [0.2, 0.25) is 0 Å². The third-order valence-electron chi connectivity index (χ3n) is 2.33. The van der Waals surface area contributed by atoms with Crippen LogP contribution in [0.3, 0.4) is 0 Å². The lowest BCUT2D eigenvalue weighted by molar-refractivity contribution is -0.114. The number of hydrogen-bond donors (Lipinski definition) is 2. The SMILES string of the molecule is CC(=O)Nc1nnc(S(=O)(=O)N(CCCO)C(C)C)s1. The smallest absolute Gasteiger partial charge is 0.272 e. The van der Waals surface area contributed by atoms with E-state index >= 15 is 0 Å². The normalized spacial score (nSPS) is 12.1. The molecule has 1 heterocycles. The minimum Gasteiger partial charge on any atom is -0.396 e. The second-order valence-corrected chi connectivity index (χ2v) is 7.38. The molecule has 1 aromatic heterocycles. The summed E-state index contributed by atoms with van der Waals surface area (Å²) in [4.78, 5) is 10.9. The van der Waals surface area contributed by atoms with E-state index in [4.69, 9.17) is 5.11 Å². The molecule has 1 amide bonds. The van der Waals surface area contributed by atoms with E-state index in [0.717, 1.165) is 11.3 Å². The van der Waals surface area contributed by atoms with Gasteiger partial charge in [-0.25, -0.2) is 8.42 Å². The number of amides is 1. The van der Waals surface area contributed by atoms with Crippen molar-refractivity contribution in [3.63, 3.8) is 0 Å². The molecule has 10 heteroatoms. The highest BCUT2D eigenvalue weighted by Gasteiger charge is 2.30. The average Bonchev–Trinajstić information content (AvgIpc) is 2.77. The van der Waals surface area contributed by atoms with Gasteiger partial charge < -0.3 is 10.4 Å². The zero-order chi connectivity index (χ0) is 15.3. The first-order valence-electron chi connectivity index (χ1n) is 6.02. The Morgan fingerprint density at radius 2 is 2.10 bits per heavy atom. The van der Waals surface area contributed by atoms with E-state index < -0.39 is 10.0 Å². The third kappa shape index (κ3) is 4.20. The molecule has 0 bridgehead atoms. The van der Waals surface area contributed by atoms with Gasteiger partial charge in [-0.3, -0.25) is 4.79 Å². The van der Waals surface area contributed by atoms with E-state index in [9.17, 15) is 13.2 Å². The fourth-order valence-corrected chi connectivity index (χ4v) is 4.24. The Bertz CT molecular complexity index is 555. The molecule has 0 saturated carbocycles. The lowest BCUT2D eigenvalue weighted by atomic mass is 10.3. The van der Waals surface area contributed by atoms with Crippen molar-refractivity contribution in [1.29, 1.82) is 0 Å². The fraction of sp³-hybridized carbons (Fsp3) is 0.700. The van der Waals surface area contributed by atoms with Crippen LogP contribution in [0.1, 0.15) is 27.2 Å². The van der Waals surface area contributed by atoms with Crippen molar-refractivity contribution < 1.29 is 18.3 Å². The average molecular weight is 322 g/mol. The van der Waals surface area contributed by atoms with Gasteiger partial charge in [-0.1, -0.05) is 11.3 Å². The van der Waals surface area contributed by atoms with E-state index in [-0.39, 0.29) is 34.6 Å². The first kappa shape index (κ1) is 17.0. The summed E-state index contributed by atoms with van der Waals surface area (Å²) < 4.78 is 25.9. The van der Waals surface area contributed by atoms with Gasteiger partial charge >= 0.3 is 0 Å². The van der Waals surface area contributed by atoms with Crippen molar-refractivity contribution in [2.45, 2.75) is 37.6 Å². The summed E-state index contributed by atoms with van der Waals surface area (Å²) in [6.07, 6.45) is 0.342. The van der Waals surface area contributed by atoms with Crippen LogP contribution >= 0.6 is 11.3 Å². The molecule has 1 rings (SSSR count). The maximum absolute atomic E-state index is 12.4. The van der Waals surface area contributed by atoms with E-state index in [1.54, 1.807) is 13.8 Å². The number of sulfonamides is 1. The van der Waals surface area contributed by atoms with Crippen LogP contribution in [-0.4, -0.2) is 53.1 Å². The largest absolute Gasteiger partial charge is 0.396 e. The van der Waals surface area contributed by atoms with Crippen LogP contribution in [0.4, 0.5) is 5.13 Å². The van der Waals surface area contributed by atoms with E-state index in [0.29, 0.717) is 6.42 Å². The van der Waals surface area contributed by atoms with Crippen LogP contribution < -0.4 is 5.32 Å². The summed E-state index contributed by atoms with van der Waals surface area (Å²) in [5, 5.41) is 18.6. The van der Waals surface area contributed by atoms with Crippen molar-refractivity contribution in [1.82, 2.24) is 14.5 Å². The second-order valence-electron chi connectivity index (χ2n) is 4.34. The molecule has 0 aliphatic rings. The number of carbonyl (C=O) groups is 1. The lowest BCUT2D eigenvalue weighted by Crippen LogP contribution is -2.38. The van der Waals surface area contributed by atoms with Crippen molar-refractivity contribution in [2.75, 3.05) is 18.5 Å². The van der Waals surface area contributed by atoms with E-state index in [2.05, 4.69) is 15.5 Å². The monoisotopic (exact) mass is 322 g/mol. The van der Waals surface area contributed by atoms with Crippen molar-refractivity contribution in [2.24, 2.45) is 0 Å². The summed E-state index contributed by atoms with van der Waals surface area (Å²) in [5.41, 5.74) is 0. The molecule has 0 unspecified atom stereocenters. The van der Waals surface area contributed by atoms with Gasteiger partial charge in [0, 0.05) is 26.1 Å². The lowest BCUT2D eigenvalue weighted by Gasteiger charge is -2.23. The van der Waals surface area contributed by atoms with Crippen LogP contribution in [0.25, 0.3) is 0 Å². The molecule has 0 aliphatic carbocycles. The highest BCUT2D eigenvalue weighted by Crippen LogP contribution is 2.24. The Labute approximate surface area is 121 Å². The molecule has 0 aliphatic heterocycles.